The molecule has 0 aliphatic rings. The number of ether oxygens (including phenoxy) is 2. The van der Waals surface area contributed by atoms with Gasteiger partial charge in [-0.05, 0) is 48.2 Å². The minimum Gasteiger partial charge on any atom is -0.493 e. The fourth-order valence-corrected chi connectivity index (χ4v) is 2.65. The number of carbonyl (C=O) groups excluding carboxylic acids is 1. The van der Waals surface area contributed by atoms with Gasteiger partial charge in [-0.3, -0.25) is 4.79 Å². The molecule has 1 amide bonds. The zero-order valence-electron chi connectivity index (χ0n) is 15.5. The molecule has 0 fully saturated rings. The number of likely N-dealkylation sites (N-methyl/N-ethyl adjacent to an activating group) is 1. The molecule has 0 heterocycles. The molecule has 2 rings (SSSR count). The lowest BCUT2D eigenvalue weighted by molar-refractivity contribution is -0.129. The van der Waals surface area contributed by atoms with Crippen LogP contribution in [-0.2, 0) is 17.6 Å². The molecule has 2 aromatic carbocycles. The van der Waals surface area contributed by atoms with E-state index in [1.807, 2.05) is 37.4 Å². The van der Waals surface area contributed by atoms with Gasteiger partial charge in [-0.2, -0.15) is 5.26 Å². The Labute approximate surface area is 154 Å². The molecule has 0 aliphatic carbocycles. The average molecular weight is 352 g/mol. The quantitative estimate of drug-likeness (QED) is 0.732. The summed E-state index contributed by atoms with van der Waals surface area (Å²) >= 11 is 0. The first-order valence-corrected chi connectivity index (χ1v) is 8.51. The van der Waals surface area contributed by atoms with Gasteiger partial charge >= 0.3 is 0 Å². The highest BCUT2D eigenvalue weighted by Crippen LogP contribution is 2.27. The molecule has 0 bridgehead atoms. The summed E-state index contributed by atoms with van der Waals surface area (Å²) in [5, 5.41) is 8.81. The molecule has 0 atom stereocenters. The number of benzene rings is 2. The van der Waals surface area contributed by atoms with Crippen LogP contribution in [0.15, 0.2) is 42.5 Å². The van der Waals surface area contributed by atoms with Crippen molar-refractivity contribution in [1.29, 1.82) is 5.26 Å². The Morgan fingerprint density at radius 3 is 2.27 bits per heavy atom. The van der Waals surface area contributed by atoms with E-state index in [-0.39, 0.29) is 5.91 Å². The first-order chi connectivity index (χ1) is 12.6. The Bertz CT molecular complexity index is 779. The van der Waals surface area contributed by atoms with E-state index in [1.165, 1.54) is 0 Å². The fourth-order valence-electron chi connectivity index (χ4n) is 2.65. The third-order valence-electron chi connectivity index (χ3n) is 4.32. The number of hydrogen-bond donors (Lipinski definition) is 0. The molecule has 2 aromatic rings. The van der Waals surface area contributed by atoms with E-state index >= 15 is 0 Å². The molecule has 0 aliphatic heterocycles. The van der Waals surface area contributed by atoms with Gasteiger partial charge in [0.1, 0.15) is 0 Å². The number of aryl methyl sites for hydroxylation is 1. The second kappa shape index (κ2) is 9.47. The number of methoxy groups -OCH3 is 2. The lowest BCUT2D eigenvalue weighted by Gasteiger charge is -2.18. The van der Waals surface area contributed by atoms with Gasteiger partial charge in [0.15, 0.2) is 11.5 Å². The monoisotopic (exact) mass is 352 g/mol. The molecule has 0 N–H and O–H groups in total. The van der Waals surface area contributed by atoms with Gasteiger partial charge in [-0.25, -0.2) is 0 Å². The second-order valence-electron chi connectivity index (χ2n) is 6.06. The smallest absolute Gasteiger partial charge is 0.222 e. The van der Waals surface area contributed by atoms with Gasteiger partial charge in [0, 0.05) is 20.0 Å². The van der Waals surface area contributed by atoms with Gasteiger partial charge in [-0.15, -0.1) is 0 Å². The maximum absolute atomic E-state index is 12.3. The maximum atomic E-state index is 12.3. The molecule has 0 aromatic heterocycles. The first kappa shape index (κ1) is 19.3. The number of nitriles is 1. The fraction of sp³-hybridized carbons (Fsp3) is 0.333. The van der Waals surface area contributed by atoms with Crippen molar-refractivity contribution in [2.75, 3.05) is 27.8 Å². The van der Waals surface area contributed by atoms with Crippen molar-refractivity contribution in [1.82, 2.24) is 4.90 Å². The van der Waals surface area contributed by atoms with Gasteiger partial charge < -0.3 is 14.4 Å². The maximum Gasteiger partial charge on any atom is 0.222 e. The van der Waals surface area contributed by atoms with Crippen LogP contribution in [0.1, 0.15) is 23.1 Å². The molecule has 5 heteroatoms. The Balaban J connectivity index is 1.84. The average Bonchev–Trinajstić information content (AvgIpc) is 2.70. The molecule has 136 valence electrons. The van der Waals surface area contributed by atoms with E-state index in [9.17, 15) is 4.79 Å². The Hall–Kier alpha value is -3.00. The van der Waals surface area contributed by atoms with Crippen molar-refractivity contribution in [3.8, 4) is 17.6 Å². The largest absolute Gasteiger partial charge is 0.493 e. The lowest BCUT2D eigenvalue weighted by Crippen LogP contribution is -2.29. The summed E-state index contributed by atoms with van der Waals surface area (Å²) in [6.07, 6.45) is 1.87. The molecule has 0 spiro atoms. The van der Waals surface area contributed by atoms with Crippen molar-refractivity contribution >= 4 is 5.91 Å². The minimum absolute atomic E-state index is 0.106. The molecule has 0 saturated carbocycles. The number of hydrogen-bond acceptors (Lipinski definition) is 4. The van der Waals surface area contributed by atoms with E-state index in [1.54, 1.807) is 31.3 Å². The molecule has 0 saturated heterocycles. The van der Waals surface area contributed by atoms with E-state index in [2.05, 4.69) is 6.07 Å². The summed E-state index contributed by atoms with van der Waals surface area (Å²) in [5.41, 5.74) is 2.78. The SMILES string of the molecule is COc1ccc(CCN(C)C(=O)CCc2ccc(C#N)cc2)cc1OC. The molecule has 5 nitrogen and oxygen atoms in total. The van der Waals surface area contributed by atoms with E-state index in [4.69, 9.17) is 14.7 Å². The summed E-state index contributed by atoms with van der Waals surface area (Å²) in [5.74, 6) is 1.50. The van der Waals surface area contributed by atoms with Crippen molar-refractivity contribution in [2.24, 2.45) is 0 Å². The van der Waals surface area contributed by atoms with Crippen LogP contribution in [0.5, 0.6) is 11.5 Å². The van der Waals surface area contributed by atoms with E-state index in [0.717, 1.165) is 17.5 Å². The highest BCUT2D eigenvalue weighted by Gasteiger charge is 2.10. The Morgan fingerprint density at radius 2 is 1.65 bits per heavy atom. The van der Waals surface area contributed by atoms with Gasteiger partial charge in [0.25, 0.3) is 0 Å². The standard InChI is InChI=1S/C21H24N2O3/c1-23(13-12-17-8-10-19(25-2)20(14-17)26-3)21(24)11-9-16-4-6-18(15-22)7-5-16/h4-8,10,14H,9,11-13H2,1-3H3. The molecular formula is C21H24N2O3. The van der Waals surface area contributed by atoms with Crippen LogP contribution in [0.3, 0.4) is 0 Å². The summed E-state index contributed by atoms with van der Waals surface area (Å²) in [4.78, 5) is 14.1. The zero-order valence-corrected chi connectivity index (χ0v) is 15.5. The number of amides is 1. The summed E-state index contributed by atoms with van der Waals surface area (Å²) < 4.78 is 10.5. The Morgan fingerprint density at radius 1 is 1.00 bits per heavy atom. The van der Waals surface area contributed by atoms with Crippen LogP contribution < -0.4 is 9.47 Å². The predicted octanol–water partition coefficient (Wildman–Crippen LogP) is 3.21. The van der Waals surface area contributed by atoms with Gasteiger partial charge in [-0.1, -0.05) is 18.2 Å². The third-order valence-corrected chi connectivity index (χ3v) is 4.32. The normalized spacial score (nSPS) is 10.1. The van der Waals surface area contributed by atoms with Crippen molar-refractivity contribution < 1.29 is 14.3 Å². The summed E-state index contributed by atoms with van der Waals surface area (Å²) in [6, 6.07) is 15.2. The van der Waals surface area contributed by atoms with Crippen LogP contribution >= 0.6 is 0 Å². The topological polar surface area (TPSA) is 62.6 Å². The van der Waals surface area contributed by atoms with Crippen LogP contribution in [0.4, 0.5) is 0 Å². The third kappa shape index (κ3) is 5.25. The van der Waals surface area contributed by atoms with Crippen LogP contribution in [-0.4, -0.2) is 38.6 Å². The van der Waals surface area contributed by atoms with Crippen molar-refractivity contribution in [2.45, 2.75) is 19.3 Å². The predicted molar refractivity (Wildman–Crippen MR) is 100 cm³/mol. The van der Waals surface area contributed by atoms with Crippen LogP contribution in [0, 0.1) is 11.3 Å². The second-order valence-corrected chi connectivity index (χ2v) is 6.06. The zero-order chi connectivity index (χ0) is 18.9. The Kier molecular flexibility index (Phi) is 7.04. The summed E-state index contributed by atoms with van der Waals surface area (Å²) in [6.45, 7) is 0.641. The molecule has 26 heavy (non-hydrogen) atoms. The van der Waals surface area contributed by atoms with Gasteiger partial charge in [0.05, 0.1) is 25.9 Å². The van der Waals surface area contributed by atoms with Crippen molar-refractivity contribution in [3.05, 3.63) is 59.2 Å². The minimum atomic E-state index is 0.106. The van der Waals surface area contributed by atoms with E-state index in [0.29, 0.717) is 36.4 Å². The van der Waals surface area contributed by atoms with Crippen LogP contribution in [0.2, 0.25) is 0 Å². The number of rotatable bonds is 8. The molecule has 0 radical (unpaired) electrons. The lowest BCUT2D eigenvalue weighted by atomic mass is 10.1. The van der Waals surface area contributed by atoms with Crippen LogP contribution in [0.25, 0.3) is 0 Å². The highest BCUT2D eigenvalue weighted by molar-refractivity contribution is 5.76. The number of nitrogens with zero attached hydrogens (tertiary/aromatic N) is 2. The molecule has 0 unspecified atom stereocenters. The van der Waals surface area contributed by atoms with Crippen molar-refractivity contribution in [3.63, 3.8) is 0 Å². The van der Waals surface area contributed by atoms with E-state index < -0.39 is 0 Å². The molecular weight excluding hydrogens is 328 g/mol. The number of carbonyl (C=O) groups is 1. The van der Waals surface area contributed by atoms with Gasteiger partial charge in [0.2, 0.25) is 5.91 Å². The summed E-state index contributed by atoms with van der Waals surface area (Å²) in [7, 11) is 5.04. The first-order valence-electron chi connectivity index (χ1n) is 8.51. The highest BCUT2D eigenvalue weighted by atomic mass is 16.5.